The number of carbonyl (C=O) groups excluding carboxylic acids is 1. The molecular formula is C14H17N3O. The van der Waals surface area contributed by atoms with Gasteiger partial charge < -0.3 is 15.2 Å². The highest BCUT2D eigenvalue weighted by molar-refractivity contribution is 5.93. The van der Waals surface area contributed by atoms with Crippen LogP contribution in [0.2, 0.25) is 0 Å². The Morgan fingerprint density at radius 2 is 2.17 bits per heavy atom. The Morgan fingerprint density at radius 1 is 1.33 bits per heavy atom. The number of amides is 1. The van der Waals surface area contributed by atoms with Gasteiger partial charge in [0, 0.05) is 37.3 Å². The maximum absolute atomic E-state index is 11.9. The van der Waals surface area contributed by atoms with E-state index in [0.29, 0.717) is 6.54 Å². The first-order valence-corrected chi connectivity index (χ1v) is 6.24. The molecule has 2 aromatic rings. The molecule has 94 valence electrons. The van der Waals surface area contributed by atoms with E-state index in [1.54, 1.807) is 0 Å². The van der Waals surface area contributed by atoms with Crippen LogP contribution in [0, 0.1) is 6.92 Å². The summed E-state index contributed by atoms with van der Waals surface area (Å²) in [6.45, 7) is 3.62. The molecule has 0 aliphatic carbocycles. The lowest BCUT2D eigenvalue weighted by atomic mass is 10.0. The van der Waals surface area contributed by atoms with E-state index in [2.05, 4.69) is 40.5 Å². The molecule has 0 saturated carbocycles. The third kappa shape index (κ3) is 1.61. The highest BCUT2D eigenvalue weighted by Gasteiger charge is 2.26. The molecule has 2 N–H and O–H groups in total. The lowest BCUT2D eigenvalue weighted by Gasteiger charge is -2.23. The number of aryl methyl sites for hydroxylation is 2. The number of aromatic nitrogens is 1. The molecule has 1 aromatic heterocycles. The van der Waals surface area contributed by atoms with Crippen LogP contribution >= 0.6 is 0 Å². The SMILES string of the molecule is Cc1cccc2c(C3NCCNC3=O)cn(C)c12. The third-order valence-corrected chi connectivity index (χ3v) is 3.58. The van der Waals surface area contributed by atoms with Crippen molar-refractivity contribution in [2.75, 3.05) is 13.1 Å². The van der Waals surface area contributed by atoms with Crippen molar-refractivity contribution in [2.45, 2.75) is 13.0 Å². The van der Waals surface area contributed by atoms with E-state index in [-0.39, 0.29) is 11.9 Å². The fraction of sp³-hybridized carbons (Fsp3) is 0.357. The van der Waals surface area contributed by atoms with Gasteiger partial charge in [0.05, 0.1) is 5.52 Å². The summed E-state index contributed by atoms with van der Waals surface area (Å²) in [4.78, 5) is 11.9. The second-order valence-corrected chi connectivity index (χ2v) is 4.84. The fourth-order valence-corrected chi connectivity index (χ4v) is 2.78. The molecule has 0 radical (unpaired) electrons. The second-order valence-electron chi connectivity index (χ2n) is 4.84. The van der Waals surface area contributed by atoms with Gasteiger partial charge in [-0.05, 0) is 12.5 Å². The van der Waals surface area contributed by atoms with Gasteiger partial charge in [-0.2, -0.15) is 0 Å². The first-order valence-electron chi connectivity index (χ1n) is 6.24. The summed E-state index contributed by atoms with van der Waals surface area (Å²) >= 11 is 0. The zero-order valence-electron chi connectivity index (χ0n) is 10.7. The van der Waals surface area contributed by atoms with Gasteiger partial charge in [-0.25, -0.2) is 0 Å². The average Bonchev–Trinajstić information content (AvgIpc) is 2.69. The van der Waals surface area contributed by atoms with Crippen LogP contribution in [-0.4, -0.2) is 23.6 Å². The van der Waals surface area contributed by atoms with Gasteiger partial charge >= 0.3 is 0 Å². The molecule has 1 fully saturated rings. The number of para-hydroxylation sites is 1. The largest absolute Gasteiger partial charge is 0.353 e. The molecule has 4 heteroatoms. The molecular weight excluding hydrogens is 226 g/mol. The van der Waals surface area contributed by atoms with Crippen molar-refractivity contribution in [1.29, 1.82) is 0 Å². The monoisotopic (exact) mass is 243 g/mol. The van der Waals surface area contributed by atoms with Crippen LogP contribution in [-0.2, 0) is 11.8 Å². The Balaban J connectivity index is 2.18. The molecule has 0 spiro atoms. The Morgan fingerprint density at radius 3 is 2.94 bits per heavy atom. The minimum absolute atomic E-state index is 0.0651. The van der Waals surface area contributed by atoms with Crippen LogP contribution in [0.25, 0.3) is 10.9 Å². The minimum atomic E-state index is -0.232. The van der Waals surface area contributed by atoms with Crippen molar-refractivity contribution in [3.63, 3.8) is 0 Å². The van der Waals surface area contributed by atoms with E-state index >= 15 is 0 Å². The summed E-state index contributed by atoms with van der Waals surface area (Å²) in [5.74, 6) is 0.0651. The molecule has 1 aliphatic heterocycles. The van der Waals surface area contributed by atoms with Crippen LogP contribution in [0.5, 0.6) is 0 Å². The van der Waals surface area contributed by atoms with Crippen molar-refractivity contribution < 1.29 is 4.79 Å². The first kappa shape index (κ1) is 11.3. The number of hydrogen-bond donors (Lipinski definition) is 2. The number of nitrogens with one attached hydrogen (secondary N) is 2. The first-order chi connectivity index (χ1) is 8.68. The van der Waals surface area contributed by atoms with Crippen molar-refractivity contribution >= 4 is 16.8 Å². The second kappa shape index (κ2) is 4.14. The Hall–Kier alpha value is -1.81. The lowest BCUT2D eigenvalue weighted by Crippen LogP contribution is -2.47. The zero-order chi connectivity index (χ0) is 12.7. The summed E-state index contributed by atoms with van der Waals surface area (Å²) in [6.07, 6.45) is 2.06. The molecule has 2 heterocycles. The van der Waals surface area contributed by atoms with E-state index in [1.165, 1.54) is 11.1 Å². The number of carbonyl (C=O) groups is 1. The fourth-order valence-electron chi connectivity index (χ4n) is 2.78. The van der Waals surface area contributed by atoms with Gasteiger partial charge in [0.25, 0.3) is 0 Å². The zero-order valence-corrected chi connectivity index (χ0v) is 10.7. The number of hydrogen-bond acceptors (Lipinski definition) is 2. The van der Waals surface area contributed by atoms with Crippen LogP contribution < -0.4 is 10.6 Å². The Kier molecular flexibility index (Phi) is 2.59. The van der Waals surface area contributed by atoms with Crippen molar-refractivity contribution in [2.24, 2.45) is 7.05 Å². The molecule has 1 amide bonds. The molecule has 1 aliphatic rings. The molecule has 1 atom stereocenters. The van der Waals surface area contributed by atoms with Crippen LogP contribution in [0.4, 0.5) is 0 Å². The smallest absolute Gasteiger partial charge is 0.241 e. The predicted octanol–water partition coefficient (Wildman–Crippen LogP) is 1.25. The third-order valence-electron chi connectivity index (χ3n) is 3.58. The summed E-state index contributed by atoms with van der Waals surface area (Å²) in [5, 5.41) is 7.35. The molecule has 1 aromatic carbocycles. The van der Waals surface area contributed by atoms with Crippen molar-refractivity contribution in [3.05, 3.63) is 35.5 Å². The van der Waals surface area contributed by atoms with E-state index in [0.717, 1.165) is 17.5 Å². The summed E-state index contributed by atoms with van der Waals surface area (Å²) in [5.41, 5.74) is 3.50. The Labute approximate surface area is 106 Å². The maximum Gasteiger partial charge on any atom is 0.241 e. The topological polar surface area (TPSA) is 46.1 Å². The van der Waals surface area contributed by atoms with Gasteiger partial charge in [-0.3, -0.25) is 4.79 Å². The highest BCUT2D eigenvalue weighted by Crippen LogP contribution is 2.28. The summed E-state index contributed by atoms with van der Waals surface area (Å²) in [7, 11) is 2.03. The van der Waals surface area contributed by atoms with Crippen molar-refractivity contribution in [3.8, 4) is 0 Å². The molecule has 18 heavy (non-hydrogen) atoms. The Bertz CT molecular complexity index is 615. The summed E-state index contributed by atoms with van der Waals surface area (Å²) < 4.78 is 2.10. The quantitative estimate of drug-likeness (QED) is 0.791. The number of nitrogens with zero attached hydrogens (tertiary/aromatic N) is 1. The van der Waals surface area contributed by atoms with Gasteiger partial charge in [0.15, 0.2) is 0 Å². The molecule has 0 bridgehead atoms. The maximum atomic E-state index is 11.9. The van der Waals surface area contributed by atoms with Crippen LogP contribution in [0.1, 0.15) is 17.2 Å². The van der Waals surface area contributed by atoms with Crippen LogP contribution in [0.3, 0.4) is 0 Å². The predicted molar refractivity (Wildman–Crippen MR) is 71.4 cm³/mol. The van der Waals surface area contributed by atoms with Gasteiger partial charge in [0.2, 0.25) is 5.91 Å². The van der Waals surface area contributed by atoms with Crippen molar-refractivity contribution in [1.82, 2.24) is 15.2 Å². The summed E-state index contributed by atoms with van der Waals surface area (Å²) in [6, 6.07) is 5.99. The molecule has 1 unspecified atom stereocenters. The van der Waals surface area contributed by atoms with E-state index in [9.17, 15) is 4.79 Å². The van der Waals surface area contributed by atoms with Gasteiger partial charge in [0.1, 0.15) is 6.04 Å². The highest BCUT2D eigenvalue weighted by atomic mass is 16.2. The van der Waals surface area contributed by atoms with Crippen LogP contribution in [0.15, 0.2) is 24.4 Å². The van der Waals surface area contributed by atoms with E-state index in [4.69, 9.17) is 0 Å². The van der Waals surface area contributed by atoms with E-state index in [1.807, 2.05) is 13.1 Å². The van der Waals surface area contributed by atoms with Gasteiger partial charge in [-0.1, -0.05) is 18.2 Å². The number of piperazine rings is 1. The molecule has 4 nitrogen and oxygen atoms in total. The molecule has 1 saturated heterocycles. The standard InChI is InChI=1S/C14H17N3O/c1-9-4-3-5-10-11(8-17(2)13(9)10)12-14(18)16-7-6-15-12/h3-5,8,12,15H,6-7H2,1-2H3,(H,16,18). The van der Waals surface area contributed by atoms with Gasteiger partial charge in [-0.15, -0.1) is 0 Å². The normalized spacial score (nSPS) is 20.1. The number of benzene rings is 1. The van der Waals surface area contributed by atoms with E-state index < -0.39 is 0 Å². The lowest BCUT2D eigenvalue weighted by molar-refractivity contribution is -0.124. The minimum Gasteiger partial charge on any atom is -0.353 e. The molecule has 3 rings (SSSR count). The average molecular weight is 243 g/mol. The number of rotatable bonds is 1. The number of fused-ring (bicyclic) bond motifs is 1.